The highest BCUT2D eigenvalue weighted by atomic mass is 19.1. The van der Waals surface area contributed by atoms with Crippen LogP contribution < -0.4 is 4.74 Å². The van der Waals surface area contributed by atoms with Crippen LogP contribution in [0.25, 0.3) is 5.57 Å². The molecule has 1 saturated heterocycles. The van der Waals surface area contributed by atoms with Crippen molar-refractivity contribution >= 4 is 17.4 Å². The zero-order chi connectivity index (χ0) is 23.5. The number of hydrogen-bond donors (Lipinski definition) is 0. The second-order valence-electron chi connectivity index (χ2n) is 8.48. The summed E-state index contributed by atoms with van der Waals surface area (Å²) in [5, 5.41) is 0. The SMILES string of the molecule is CCOc1ccc(C2=C(N3CC(C)OC(C)C3)C(=O)N(CCc3ccc(F)cc3)C2=O)cc1. The van der Waals surface area contributed by atoms with Crippen LogP contribution >= 0.6 is 0 Å². The number of amides is 2. The van der Waals surface area contributed by atoms with Crippen LogP contribution in [0.1, 0.15) is 31.9 Å². The molecule has 4 rings (SSSR count). The Bertz CT molecular complexity index is 1040. The second-order valence-corrected chi connectivity index (χ2v) is 8.48. The summed E-state index contributed by atoms with van der Waals surface area (Å²) >= 11 is 0. The molecule has 0 aromatic heterocycles. The number of carbonyl (C=O) groups excluding carboxylic acids is 2. The van der Waals surface area contributed by atoms with Gasteiger partial charge in [-0.15, -0.1) is 0 Å². The Balaban J connectivity index is 1.65. The molecule has 0 saturated carbocycles. The van der Waals surface area contributed by atoms with Crippen molar-refractivity contribution in [3.63, 3.8) is 0 Å². The smallest absolute Gasteiger partial charge is 0.277 e. The molecule has 2 heterocycles. The molecule has 0 spiro atoms. The molecule has 7 heteroatoms. The quantitative estimate of drug-likeness (QED) is 0.600. The molecule has 174 valence electrons. The van der Waals surface area contributed by atoms with Gasteiger partial charge in [0, 0.05) is 19.6 Å². The van der Waals surface area contributed by atoms with Gasteiger partial charge in [-0.25, -0.2) is 4.39 Å². The highest BCUT2D eigenvalue weighted by Gasteiger charge is 2.42. The Morgan fingerprint density at radius 3 is 2.21 bits per heavy atom. The third kappa shape index (κ3) is 4.93. The van der Waals surface area contributed by atoms with E-state index in [1.807, 2.05) is 49.9 Å². The first-order chi connectivity index (χ1) is 15.9. The van der Waals surface area contributed by atoms with Gasteiger partial charge in [0.25, 0.3) is 11.8 Å². The van der Waals surface area contributed by atoms with Crippen molar-refractivity contribution in [3.05, 3.63) is 71.2 Å². The first kappa shape index (κ1) is 23.0. The van der Waals surface area contributed by atoms with E-state index in [0.717, 1.165) is 5.56 Å². The third-order valence-electron chi connectivity index (χ3n) is 5.87. The predicted molar refractivity (Wildman–Crippen MR) is 123 cm³/mol. The summed E-state index contributed by atoms with van der Waals surface area (Å²) in [4.78, 5) is 30.3. The van der Waals surface area contributed by atoms with Crippen LogP contribution in [0.2, 0.25) is 0 Å². The van der Waals surface area contributed by atoms with E-state index in [2.05, 4.69) is 0 Å². The second kappa shape index (κ2) is 9.75. The number of ether oxygens (including phenoxy) is 2. The minimum atomic E-state index is -0.315. The number of carbonyl (C=O) groups is 2. The average molecular weight is 453 g/mol. The summed E-state index contributed by atoms with van der Waals surface area (Å²) in [7, 11) is 0. The molecule has 2 aromatic carbocycles. The number of halogens is 1. The molecule has 0 aliphatic carbocycles. The fraction of sp³-hybridized carbons (Fsp3) is 0.385. The highest BCUT2D eigenvalue weighted by molar-refractivity contribution is 6.35. The Kier molecular flexibility index (Phi) is 6.79. The van der Waals surface area contributed by atoms with E-state index in [1.54, 1.807) is 12.1 Å². The maximum atomic E-state index is 13.5. The van der Waals surface area contributed by atoms with Crippen LogP contribution in [-0.2, 0) is 20.7 Å². The molecule has 2 aliphatic heterocycles. The van der Waals surface area contributed by atoms with Crippen molar-refractivity contribution in [2.45, 2.75) is 39.4 Å². The van der Waals surface area contributed by atoms with Gasteiger partial charge in [-0.3, -0.25) is 14.5 Å². The van der Waals surface area contributed by atoms with Gasteiger partial charge in [0.05, 0.1) is 24.4 Å². The average Bonchev–Trinajstić information content (AvgIpc) is 3.03. The lowest BCUT2D eigenvalue weighted by Gasteiger charge is -2.37. The molecule has 1 fully saturated rings. The van der Waals surface area contributed by atoms with Crippen molar-refractivity contribution in [2.75, 3.05) is 26.2 Å². The number of imide groups is 1. The number of nitrogens with zero attached hydrogens (tertiary/aromatic N) is 2. The fourth-order valence-corrected chi connectivity index (χ4v) is 4.46. The number of benzene rings is 2. The van der Waals surface area contributed by atoms with Gasteiger partial charge < -0.3 is 14.4 Å². The minimum Gasteiger partial charge on any atom is -0.494 e. The number of hydrogen-bond acceptors (Lipinski definition) is 5. The minimum absolute atomic E-state index is 0.0565. The maximum Gasteiger partial charge on any atom is 0.277 e. The maximum absolute atomic E-state index is 13.5. The Morgan fingerprint density at radius 1 is 0.970 bits per heavy atom. The third-order valence-corrected chi connectivity index (χ3v) is 5.87. The van der Waals surface area contributed by atoms with Crippen LogP contribution in [0, 0.1) is 5.82 Å². The lowest BCUT2D eigenvalue weighted by Crippen LogP contribution is -2.47. The van der Waals surface area contributed by atoms with E-state index < -0.39 is 0 Å². The van der Waals surface area contributed by atoms with Crippen molar-refractivity contribution in [2.24, 2.45) is 0 Å². The van der Waals surface area contributed by atoms with Gasteiger partial charge in [0.15, 0.2) is 0 Å². The summed E-state index contributed by atoms with van der Waals surface area (Å²) in [6.45, 7) is 7.68. The predicted octanol–water partition coefficient (Wildman–Crippen LogP) is 3.66. The van der Waals surface area contributed by atoms with Crippen LogP contribution in [-0.4, -0.2) is 60.1 Å². The summed E-state index contributed by atoms with van der Waals surface area (Å²) < 4.78 is 24.6. The number of rotatable bonds is 7. The van der Waals surface area contributed by atoms with Gasteiger partial charge in [0.2, 0.25) is 0 Å². The fourth-order valence-electron chi connectivity index (χ4n) is 4.46. The van der Waals surface area contributed by atoms with E-state index in [9.17, 15) is 14.0 Å². The molecule has 2 amide bonds. The molecule has 0 radical (unpaired) electrons. The molecular weight excluding hydrogens is 423 g/mol. The first-order valence-corrected chi connectivity index (χ1v) is 11.4. The molecular formula is C26H29FN2O4. The van der Waals surface area contributed by atoms with E-state index >= 15 is 0 Å². The number of morpholine rings is 1. The molecule has 0 N–H and O–H groups in total. The van der Waals surface area contributed by atoms with E-state index in [0.29, 0.717) is 48.7 Å². The van der Waals surface area contributed by atoms with Crippen molar-refractivity contribution in [1.82, 2.24) is 9.80 Å². The Labute approximate surface area is 193 Å². The largest absolute Gasteiger partial charge is 0.494 e. The summed E-state index contributed by atoms with van der Waals surface area (Å²) in [6.07, 6.45) is 0.343. The van der Waals surface area contributed by atoms with Gasteiger partial charge >= 0.3 is 0 Å². The van der Waals surface area contributed by atoms with Gasteiger partial charge in [-0.05, 0) is 62.6 Å². The molecule has 0 bridgehead atoms. The lowest BCUT2D eigenvalue weighted by atomic mass is 10.0. The lowest BCUT2D eigenvalue weighted by molar-refractivity contribution is -0.138. The highest BCUT2D eigenvalue weighted by Crippen LogP contribution is 2.34. The molecule has 2 unspecified atom stereocenters. The van der Waals surface area contributed by atoms with Crippen LogP contribution in [0.15, 0.2) is 54.2 Å². The van der Waals surface area contributed by atoms with Gasteiger partial charge in [-0.2, -0.15) is 0 Å². The van der Waals surface area contributed by atoms with E-state index in [1.165, 1.54) is 17.0 Å². The molecule has 2 aromatic rings. The van der Waals surface area contributed by atoms with Crippen LogP contribution in [0.4, 0.5) is 4.39 Å². The monoisotopic (exact) mass is 452 g/mol. The van der Waals surface area contributed by atoms with Crippen molar-refractivity contribution in [1.29, 1.82) is 0 Å². The Morgan fingerprint density at radius 2 is 1.61 bits per heavy atom. The van der Waals surface area contributed by atoms with Crippen LogP contribution in [0.5, 0.6) is 5.75 Å². The van der Waals surface area contributed by atoms with E-state index in [-0.39, 0.29) is 36.4 Å². The van der Waals surface area contributed by atoms with Crippen molar-refractivity contribution < 1.29 is 23.5 Å². The molecule has 2 atom stereocenters. The first-order valence-electron chi connectivity index (χ1n) is 11.4. The zero-order valence-electron chi connectivity index (χ0n) is 19.2. The summed E-state index contributed by atoms with van der Waals surface area (Å²) in [5.74, 6) is -0.216. The topological polar surface area (TPSA) is 59.1 Å². The molecule has 2 aliphatic rings. The van der Waals surface area contributed by atoms with Crippen molar-refractivity contribution in [3.8, 4) is 5.75 Å². The summed E-state index contributed by atoms with van der Waals surface area (Å²) in [5.41, 5.74) is 2.37. The summed E-state index contributed by atoms with van der Waals surface area (Å²) in [6, 6.07) is 13.4. The molecule has 33 heavy (non-hydrogen) atoms. The normalized spacial score (nSPS) is 21.2. The van der Waals surface area contributed by atoms with E-state index in [4.69, 9.17) is 9.47 Å². The standard InChI is InChI=1S/C26H29FN2O4/c1-4-32-22-11-7-20(8-12-22)23-24(28-15-17(2)33-18(3)16-28)26(31)29(25(23)30)14-13-19-5-9-21(27)10-6-19/h5-12,17-18H,4,13-16H2,1-3H3. The Hall–Kier alpha value is -3.19. The van der Waals surface area contributed by atoms with Gasteiger partial charge in [-0.1, -0.05) is 24.3 Å². The molecule has 6 nitrogen and oxygen atoms in total. The van der Waals surface area contributed by atoms with Gasteiger partial charge in [0.1, 0.15) is 17.3 Å². The van der Waals surface area contributed by atoms with Crippen LogP contribution in [0.3, 0.4) is 0 Å². The zero-order valence-corrected chi connectivity index (χ0v) is 19.2.